The number of aryl methyl sites for hydroxylation is 1. The predicted octanol–water partition coefficient (Wildman–Crippen LogP) is 1.08. The van der Waals surface area contributed by atoms with Crippen LogP contribution in [0.1, 0.15) is 37.7 Å². The number of carboxylic acids is 1. The summed E-state index contributed by atoms with van der Waals surface area (Å²) in [7, 11) is 0. The van der Waals surface area contributed by atoms with Crippen LogP contribution in [0.3, 0.4) is 0 Å². The van der Waals surface area contributed by atoms with E-state index in [0.29, 0.717) is 25.1 Å². The quantitative estimate of drug-likeness (QED) is 0.573. The standard InChI is InChI=1S/C18H24N4O4/c1-12(9-18(25)26)21-16(23)11-22(14-5-6-14)17(24)4-2-3-13-7-8-20-15(19)10-13/h7-8,10,14H,1-6,9,11H2,(H2,19,20)(H,21,23)(H,25,26). The zero-order chi connectivity index (χ0) is 19.1. The first kappa shape index (κ1) is 19.4. The maximum absolute atomic E-state index is 12.5. The lowest BCUT2D eigenvalue weighted by atomic mass is 10.1. The fourth-order valence-corrected chi connectivity index (χ4v) is 2.66. The molecule has 1 fully saturated rings. The topological polar surface area (TPSA) is 126 Å². The van der Waals surface area contributed by atoms with Gasteiger partial charge in [0, 0.05) is 24.4 Å². The van der Waals surface area contributed by atoms with Crippen molar-refractivity contribution in [3.8, 4) is 0 Å². The summed E-state index contributed by atoms with van der Waals surface area (Å²) >= 11 is 0. The number of aliphatic carboxylic acids is 1. The van der Waals surface area contributed by atoms with E-state index in [1.165, 1.54) is 0 Å². The van der Waals surface area contributed by atoms with E-state index in [2.05, 4.69) is 16.9 Å². The number of nitrogens with zero attached hydrogens (tertiary/aromatic N) is 2. The van der Waals surface area contributed by atoms with E-state index in [4.69, 9.17) is 10.8 Å². The highest BCUT2D eigenvalue weighted by Gasteiger charge is 2.33. The van der Waals surface area contributed by atoms with Crippen molar-refractivity contribution >= 4 is 23.6 Å². The van der Waals surface area contributed by atoms with Gasteiger partial charge in [-0.1, -0.05) is 6.58 Å². The van der Waals surface area contributed by atoms with Crippen molar-refractivity contribution in [2.24, 2.45) is 0 Å². The van der Waals surface area contributed by atoms with Gasteiger partial charge in [-0.2, -0.15) is 0 Å². The van der Waals surface area contributed by atoms with Gasteiger partial charge in [0.05, 0.1) is 6.42 Å². The number of rotatable bonds is 10. The van der Waals surface area contributed by atoms with Crippen LogP contribution in [0, 0.1) is 0 Å². The molecule has 0 bridgehead atoms. The van der Waals surface area contributed by atoms with E-state index in [1.807, 2.05) is 6.07 Å². The molecule has 140 valence electrons. The number of hydrogen-bond donors (Lipinski definition) is 3. The van der Waals surface area contributed by atoms with E-state index in [9.17, 15) is 14.4 Å². The van der Waals surface area contributed by atoms with Gasteiger partial charge in [-0.25, -0.2) is 4.98 Å². The minimum Gasteiger partial charge on any atom is -0.481 e. The third-order valence-corrected chi connectivity index (χ3v) is 4.00. The number of pyridine rings is 1. The molecule has 0 radical (unpaired) electrons. The molecule has 1 aromatic heterocycles. The summed E-state index contributed by atoms with van der Waals surface area (Å²) in [5.74, 6) is -1.11. The van der Waals surface area contributed by atoms with Crippen molar-refractivity contribution in [1.29, 1.82) is 0 Å². The van der Waals surface area contributed by atoms with Gasteiger partial charge in [0.25, 0.3) is 0 Å². The molecule has 8 nitrogen and oxygen atoms in total. The summed E-state index contributed by atoms with van der Waals surface area (Å²) in [6.45, 7) is 3.43. The first-order chi connectivity index (χ1) is 12.3. The molecule has 0 spiro atoms. The lowest BCUT2D eigenvalue weighted by Crippen LogP contribution is -2.41. The van der Waals surface area contributed by atoms with Gasteiger partial charge in [-0.15, -0.1) is 0 Å². The Bertz CT molecular complexity index is 700. The molecular formula is C18H24N4O4. The number of nitrogens with two attached hydrogens (primary N) is 1. The molecule has 4 N–H and O–H groups in total. The molecular weight excluding hydrogens is 336 g/mol. The Kier molecular flexibility index (Phi) is 6.71. The first-order valence-corrected chi connectivity index (χ1v) is 8.54. The van der Waals surface area contributed by atoms with Gasteiger partial charge in [0.1, 0.15) is 12.4 Å². The van der Waals surface area contributed by atoms with Gasteiger partial charge < -0.3 is 21.1 Å². The largest absolute Gasteiger partial charge is 0.481 e. The number of anilines is 1. The molecule has 0 aromatic carbocycles. The minimum absolute atomic E-state index is 0.0754. The molecule has 1 saturated carbocycles. The minimum atomic E-state index is -1.07. The third-order valence-electron chi connectivity index (χ3n) is 4.00. The van der Waals surface area contributed by atoms with Crippen LogP contribution in [0.2, 0.25) is 0 Å². The number of carbonyl (C=O) groups is 3. The SMILES string of the molecule is C=C(CC(=O)O)NC(=O)CN(C(=O)CCCc1ccnc(N)c1)C1CC1. The third kappa shape index (κ3) is 6.54. The normalized spacial score (nSPS) is 13.1. The van der Waals surface area contributed by atoms with E-state index < -0.39 is 11.9 Å². The Balaban J connectivity index is 1.80. The highest BCUT2D eigenvalue weighted by atomic mass is 16.4. The summed E-state index contributed by atoms with van der Waals surface area (Å²) in [4.78, 5) is 40.6. The maximum Gasteiger partial charge on any atom is 0.309 e. The second-order valence-corrected chi connectivity index (χ2v) is 6.42. The number of amides is 2. The molecule has 0 unspecified atom stereocenters. The molecule has 0 saturated heterocycles. The van der Waals surface area contributed by atoms with Crippen molar-refractivity contribution in [1.82, 2.24) is 15.2 Å². The fraction of sp³-hybridized carbons (Fsp3) is 0.444. The Morgan fingerprint density at radius 3 is 2.73 bits per heavy atom. The summed E-state index contributed by atoms with van der Waals surface area (Å²) in [6.07, 6.45) is 4.76. The van der Waals surface area contributed by atoms with Crippen molar-refractivity contribution in [2.75, 3.05) is 12.3 Å². The average molecular weight is 360 g/mol. The second kappa shape index (κ2) is 8.98. The van der Waals surface area contributed by atoms with Crippen molar-refractivity contribution < 1.29 is 19.5 Å². The van der Waals surface area contributed by atoms with Crippen LogP contribution in [0.15, 0.2) is 30.6 Å². The first-order valence-electron chi connectivity index (χ1n) is 8.54. The zero-order valence-corrected chi connectivity index (χ0v) is 14.6. The van der Waals surface area contributed by atoms with Gasteiger partial charge in [-0.05, 0) is 43.4 Å². The monoisotopic (exact) mass is 360 g/mol. The van der Waals surface area contributed by atoms with E-state index in [-0.39, 0.29) is 30.6 Å². The second-order valence-electron chi connectivity index (χ2n) is 6.42. The molecule has 1 heterocycles. The number of aromatic nitrogens is 1. The molecule has 26 heavy (non-hydrogen) atoms. The Morgan fingerprint density at radius 1 is 1.38 bits per heavy atom. The molecule has 8 heteroatoms. The summed E-state index contributed by atoms with van der Waals surface area (Å²) in [6, 6.07) is 3.74. The number of carboxylic acid groups (broad SMARTS) is 1. The van der Waals surface area contributed by atoms with Gasteiger partial charge in [0.2, 0.25) is 11.8 Å². The van der Waals surface area contributed by atoms with Crippen LogP contribution in [-0.2, 0) is 20.8 Å². The van der Waals surface area contributed by atoms with Gasteiger partial charge in [-0.3, -0.25) is 14.4 Å². The van der Waals surface area contributed by atoms with Gasteiger partial charge in [0.15, 0.2) is 0 Å². The van der Waals surface area contributed by atoms with Crippen LogP contribution in [0.4, 0.5) is 5.82 Å². The van der Waals surface area contributed by atoms with Crippen molar-refractivity contribution in [2.45, 2.75) is 44.6 Å². The molecule has 1 aliphatic carbocycles. The highest BCUT2D eigenvalue weighted by molar-refractivity contribution is 5.86. The number of hydrogen-bond acceptors (Lipinski definition) is 5. The lowest BCUT2D eigenvalue weighted by Gasteiger charge is -2.22. The maximum atomic E-state index is 12.5. The summed E-state index contributed by atoms with van der Waals surface area (Å²) < 4.78 is 0. The molecule has 0 atom stereocenters. The van der Waals surface area contributed by atoms with Crippen molar-refractivity contribution in [3.05, 3.63) is 36.2 Å². The lowest BCUT2D eigenvalue weighted by molar-refractivity contribution is -0.137. The van der Waals surface area contributed by atoms with Gasteiger partial charge >= 0.3 is 5.97 Å². The smallest absolute Gasteiger partial charge is 0.309 e. The molecule has 1 aromatic rings. The van der Waals surface area contributed by atoms with Crippen LogP contribution in [0.25, 0.3) is 0 Å². The Labute approximate surface area is 152 Å². The van der Waals surface area contributed by atoms with Crippen molar-refractivity contribution in [3.63, 3.8) is 0 Å². The van der Waals surface area contributed by atoms with Crippen LogP contribution >= 0.6 is 0 Å². The summed E-state index contributed by atoms with van der Waals surface area (Å²) in [5, 5.41) is 11.1. The molecule has 1 aliphatic rings. The molecule has 0 aliphatic heterocycles. The highest BCUT2D eigenvalue weighted by Crippen LogP contribution is 2.27. The zero-order valence-electron chi connectivity index (χ0n) is 14.6. The van der Waals surface area contributed by atoms with Crippen LogP contribution < -0.4 is 11.1 Å². The van der Waals surface area contributed by atoms with E-state index in [1.54, 1.807) is 17.2 Å². The number of nitrogen functional groups attached to an aromatic ring is 1. The van der Waals surface area contributed by atoms with E-state index >= 15 is 0 Å². The van der Waals surface area contributed by atoms with Crippen LogP contribution in [0.5, 0.6) is 0 Å². The predicted molar refractivity (Wildman–Crippen MR) is 95.9 cm³/mol. The number of carbonyl (C=O) groups excluding carboxylic acids is 2. The Hall–Kier alpha value is -2.90. The molecule has 2 amide bonds. The fourth-order valence-electron chi connectivity index (χ4n) is 2.66. The summed E-state index contributed by atoms with van der Waals surface area (Å²) in [5.41, 5.74) is 6.77. The van der Waals surface area contributed by atoms with E-state index in [0.717, 1.165) is 18.4 Å². The number of nitrogens with one attached hydrogen (secondary N) is 1. The Morgan fingerprint density at radius 2 is 2.12 bits per heavy atom. The average Bonchev–Trinajstić information content (AvgIpc) is 3.36. The molecule has 2 rings (SSSR count). The van der Waals surface area contributed by atoms with Crippen LogP contribution in [-0.4, -0.2) is 45.4 Å².